The molecule has 3 aromatic rings. The summed E-state index contributed by atoms with van der Waals surface area (Å²) in [7, 11) is 2.52. The molecule has 0 bridgehead atoms. The van der Waals surface area contributed by atoms with Gasteiger partial charge in [0.2, 0.25) is 5.91 Å². The molecule has 0 saturated heterocycles. The summed E-state index contributed by atoms with van der Waals surface area (Å²) in [6, 6.07) is 13.2. The molecule has 5 rings (SSSR count). The number of para-hydroxylation sites is 2. The fraction of sp³-hybridized carbons (Fsp3) is 0.250. The largest absolute Gasteiger partial charge is 0.465 e. The highest BCUT2D eigenvalue weighted by Gasteiger charge is 2.46. The van der Waals surface area contributed by atoms with Gasteiger partial charge in [-0.2, -0.15) is 0 Å². The van der Waals surface area contributed by atoms with Crippen LogP contribution in [0.15, 0.2) is 66.2 Å². The van der Waals surface area contributed by atoms with E-state index >= 15 is 0 Å². The van der Waals surface area contributed by atoms with E-state index in [4.69, 9.17) is 26.1 Å². The number of amides is 1. The van der Waals surface area contributed by atoms with Gasteiger partial charge in [-0.25, -0.2) is 14.6 Å². The van der Waals surface area contributed by atoms with Gasteiger partial charge < -0.3 is 18.8 Å². The second-order valence-corrected chi connectivity index (χ2v) is 13.0. The van der Waals surface area contributed by atoms with Crippen LogP contribution < -0.4 is 4.90 Å². The number of thiocarbonyl (C=S) groups is 1. The van der Waals surface area contributed by atoms with Crippen molar-refractivity contribution in [2.75, 3.05) is 24.9 Å². The van der Waals surface area contributed by atoms with Gasteiger partial charge in [-0.3, -0.25) is 4.79 Å². The molecule has 2 aromatic carbocycles. The predicted molar refractivity (Wildman–Crippen MR) is 163 cm³/mol. The summed E-state index contributed by atoms with van der Waals surface area (Å²) in [5.74, 6) is -1.34. The zero-order valence-corrected chi connectivity index (χ0v) is 25.5. The lowest BCUT2D eigenvalue weighted by Gasteiger charge is -2.45. The van der Waals surface area contributed by atoms with E-state index in [0.29, 0.717) is 31.2 Å². The Balaban J connectivity index is 1.53. The van der Waals surface area contributed by atoms with Crippen LogP contribution in [0, 0.1) is 6.92 Å². The minimum Gasteiger partial charge on any atom is -0.465 e. The predicted octanol–water partition coefficient (Wildman–Crippen LogP) is 6.13. The fourth-order valence-corrected chi connectivity index (χ4v) is 8.19. The maximum absolute atomic E-state index is 13.8. The monoisotopic (exact) mass is 612 g/mol. The Labute approximate surface area is 248 Å². The molecule has 8 nitrogen and oxygen atoms in total. The molecule has 0 fully saturated rings. The lowest BCUT2D eigenvalue weighted by atomic mass is 9.83. The van der Waals surface area contributed by atoms with Gasteiger partial charge in [0.05, 0.1) is 40.3 Å². The van der Waals surface area contributed by atoms with Crippen molar-refractivity contribution in [2.24, 2.45) is 0 Å². The average molecular weight is 613 g/mol. The second kappa shape index (κ2) is 11.1. The molecule has 40 heavy (non-hydrogen) atoms. The Kier molecular flexibility index (Phi) is 7.88. The van der Waals surface area contributed by atoms with Crippen LogP contribution in [0.5, 0.6) is 0 Å². The lowest BCUT2D eigenvalue weighted by Crippen LogP contribution is -2.56. The van der Waals surface area contributed by atoms with E-state index in [0.717, 1.165) is 40.2 Å². The maximum atomic E-state index is 13.8. The number of esters is 2. The van der Waals surface area contributed by atoms with Crippen LogP contribution in [0.4, 0.5) is 5.69 Å². The first-order valence-corrected chi connectivity index (χ1v) is 15.1. The number of hydrogen-bond donors (Lipinski definition) is 0. The molecule has 0 unspecified atom stereocenters. The fourth-order valence-electron chi connectivity index (χ4n) is 4.47. The number of thioether (sulfide) groups is 3. The topological polar surface area (TPSA) is 98.9 Å². The molecule has 3 heterocycles. The second-order valence-electron chi connectivity index (χ2n) is 9.38. The first kappa shape index (κ1) is 28.5. The van der Waals surface area contributed by atoms with Crippen molar-refractivity contribution in [3.05, 3.63) is 67.6 Å². The van der Waals surface area contributed by atoms with Crippen molar-refractivity contribution >= 4 is 92.6 Å². The van der Waals surface area contributed by atoms with Gasteiger partial charge in [-0.1, -0.05) is 71.8 Å². The van der Waals surface area contributed by atoms with Crippen molar-refractivity contribution in [3.8, 4) is 0 Å². The van der Waals surface area contributed by atoms with Gasteiger partial charge in [-0.05, 0) is 44.5 Å². The highest BCUT2D eigenvalue weighted by atomic mass is 32.2. The van der Waals surface area contributed by atoms with E-state index in [1.54, 1.807) is 4.90 Å². The van der Waals surface area contributed by atoms with Gasteiger partial charge in [0, 0.05) is 11.1 Å². The SMILES string of the molecule is COC(=O)C1=C(C(=O)OC)SC(=C2C(=S)C(C)(C)N(C(=O)CSc3nc4ccccc4o3)c3cc(C)ccc32)S1. The van der Waals surface area contributed by atoms with E-state index in [-0.39, 0.29) is 21.5 Å². The van der Waals surface area contributed by atoms with Crippen molar-refractivity contribution < 1.29 is 28.3 Å². The summed E-state index contributed by atoms with van der Waals surface area (Å²) < 4.78 is 16.3. The molecule has 0 spiro atoms. The molecule has 0 radical (unpaired) electrons. The number of aromatic nitrogens is 1. The molecule has 206 valence electrons. The smallest absolute Gasteiger partial charge is 0.346 e. The molecule has 0 atom stereocenters. The first-order chi connectivity index (χ1) is 19.1. The number of carbonyl (C=O) groups excluding carboxylic acids is 3. The van der Waals surface area contributed by atoms with E-state index in [1.807, 2.05) is 63.2 Å². The van der Waals surface area contributed by atoms with Crippen LogP contribution in [-0.2, 0) is 23.9 Å². The van der Waals surface area contributed by atoms with E-state index < -0.39 is 17.5 Å². The highest BCUT2D eigenvalue weighted by Crippen LogP contribution is 2.56. The number of methoxy groups -OCH3 is 2. The Morgan fingerprint density at radius 1 is 1.05 bits per heavy atom. The van der Waals surface area contributed by atoms with Crippen LogP contribution >= 0.6 is 47.5 Å². The maximum Gasteiger partial charge on any atom is 0.346 e. The van der Waals surface area contributed by atoms with Gasteiger partial charge in [0.1, 0.15) is 15.3 Å². The number of anilines is 1. The zero-order valence-electron chi connectivity index (χ0n) is 22.2. The van der Waals surface area contributed by atoms with Crippen LogP contribution in [0.2, 0.25) is 0 Å². The molecular weight excluding hydrogens is 589 g/mol. The molecule has 0 N–H and O–H groups in total. The number of aryl methyl sites for hydroxylation is 1. The third-order valence-corrected chi connectivity index (χ3v) is 10.5. The summed E-state index contributed by atoms with van der Waals surface area (Å²) >= 11 is 9.50. The minimum absolute atomic E-state index is 0.0855. The molecule has 2 aliphatic rings. The molecule has 1 amide bonds. The third-order valence-electron chi connectivity index (χ3n) is 6.39. The number of rotatable bonds is 5. The Hall–Kier alpha value is -3.06. The number of nitrogens with zero attached hydrogens (tertiary/aromatic N) is 2. The number of carbonyl (C=O) groups is 3. The lowest BCUT2D eigenvalue weighted by molar-refractivity contribution is -0.138. The van der Waals surface area contributed by atoms with Crippen molar-refractivity contribution in [1.29, 1.82) is 0 Å². The normalized spacial score (nSPS) is 16.4. The molecule has 0 saturated carbocycles. The van der Waals surface area contributed by atoms with E-state index in [9.17, 15) is 14.4 Å². The number of hydrogen-bond acceptors (Lipinski definition) is 11. The first-order valence-electron chi connectivity index (χ1n) is 12.0. The summed E-state index contributed by atoms with van der Waals surface area (Å²) in [5.41, 5.74) is 3.57. The van der Waals surface area contributed by atoms with Crippen LogP contribution in [0.25, 0.3) is 16.7 Å². The quantitative estimate of drug-likeness (QED) is 0.144. The standard InChI is InChI=1S/C28H24N2O6S4/c1-14-10-11-15-17(12-14)30(19(31)13-38-27-29-16-8-6-7-9-18(16)36-27)28(2,3)23(37)20(15)26-39-21(24(32)34-4)22(40-26)25(33)35-5/h6-12H,13H2,1-5H3. The van der Waals surface area contributed by atoms with E-state index in [1.165, 1.54) is 26.0 Å². The Morgan fingerprint density at radius 3 is 2.33 bits per heavy atom. The number of ether oxygens (including phenoxy) is 2. The molecular formula is C28H24N2O6S4. The van der Waals surface area contributed by atoms with E-state index in [2.05, 4.69) is 4.98 Å². The Morgan fingerprint density at radius 2 is 1.70 bits per heavy atom. The van der Waals surface area contributed by atoms with Gasteiger partial charge >= 0.3 is 11.9 Å². The van der Waals surface area contributed by atoms with Crippen LogP contribution in [0.3, 0.4) is 0 Å². The summed E-state index contributed by atoms with van der Waals surface area (Å²) in [4.78, 5) is 45.8. The minimum atomic E-state index is -0.905. The molecule has 1 aromatic heterocycles. The van der Waals surface area contributed by atoms with Crippen LogP contribution in [-0.4, -0.2) is 53.2 Å². The van der Waals surface area contributed by atoms with Gasteiger partial charge in [-0.15, -0.1) is 0 Å². The summed E-state index contributed by atoms with van der Waals surface area (Å²) in [6.45, 7) is 5.74. The summed E-state index contributed by atoms with van der Waals surface area (Å²) in [6.07, 6.45) is 0. The van der Waals surface area contributed by atoms with Crippen molar-refractivity contribution in [1.82, 2.24) is 4.98 Å². The highest BCUT2D eigenvalue weighted by molar-refractivity contribution is 8.29. The van der Waals surface area contributed by atoms with Gasteiger partial charge in [0.15, 0.2) is 5.58 Å². The van der Waals surface area contributed by atoms with Crippen molar-refractivity contribution in [2.45, 2.75) is 31.5 Å². The number of oxazole rings is 1. The third kappa shape index (κ3) is 4.98. The number of fused-ring (bicyclic) bond motifs is 2. The molecule has 2 aliphatic heterocycles. The molecule has 0 aliphatic carbocycles. The molecule has 12 heteroatoms. The number of benzene rings is 2. The summed E-state index contributed by atoms with van der Waals surface area (Å²) in [5, 5.41) is 0.412. The Bertz CT molecular complexity index is 1590. The van der Waals surface area contributed by atoms with Crippen LogP contribution in [0.1, 0.15) is 25.0 Å². The van der Waals surface area contributed by atoms with Crippen molar-refractivity contribution in [3.63, 3.8) is 0 Å². The average Bonchev–Trinajstić information content (AvgIpc) is 3.56. The zero-order chi connectivity index (χ0) is 28.8. The van der Waals surface area contributed by atoms with Gasteiger partial charge in [0.25, 0.3) is 5.22 Å².